The van der Waals surface area contributed by atoms with E-state index in [-0.39, 0.29) is 5.56 Å². The molecule has 0 unspecified atom stereocenters. The van der Waals surface area contributed by atoms with E-state index in [2.05, 4.69) is 4.98 Å². The van der Waals surface area contributed by atoms with Crippen molar-refractivity contribution in [2.24, 2.45) is 0 Å². The van der Waals surface area contributed by atoms with Crippen LogP contribution in [0.15, 0.2) is 24.5 Å². The minimum atomic E-state index is -2.22. The normalized spacial score (nSPS) is 17.1. The molecule has 8 heteroatoms. The lowest BCUT2D eigenvalue weighted by Gasteiger charge is -2.24. The van der Waals surface area contributed by atoms with Crippen LogP contribution in [0.25, 0.3) is 0 Å². The van der Waals surface area contributed by atoms with E-state index in [0.717, 1.165) is 6.20 Å². The first-order valence-corrected chi connectivity index (χ1v) is 5.71. The highest BCUT2D eigenvalue weighted by Gasteiger charge is 2.37. The summed E-state index contributed by atoms with van der Waals surface area (Å²) < 4.78 is 0. The van der Waals surface area contributed by atoms with Crippen molar-refractivity contribution in [3.63, 3.8) is 0 Å². The Morgan fingerprint density at radius 1 is 1.15 bits per heavy atom. The van der Waals surface area contributed by atoms with Crippen molar-refractivity contribution in [1.82, 2.24) is 4.98 Å². The standard InChI is InChI=1S/C12H15NO7/c14-5-7(15)9(17)11(19)12(20)10(18)8(16)6-2-1-3-13-4-6/h1-4,7,9,11-12,14-15,17,19-20H,5H2/t7-,9-,11+,12+/m1/s1. The van der Waals surface area contributed by atoms with Crippen LogP contribution in [-0.4, -0.2) is 73.1 Å². The summed E-state index contributed by atoms with van der Waals surface area (Å²) >= 11 is 0. The largest absolute Gasteiger partial charge is 0.394 e. The molecule has 0 saturated heterocycles. The maximum atomic E-state index is 11.7. The van der Waals surface area contributed by atoms with Gasteiger partial charge in [-0.3, -0.25) is 14.6 Å². The van der Waals surface area contributed by atoms with Gasteiger partial charge in [0.2, 0.25) is 11.6 Å². The van der Waals surface area contributed by atoms with Crippen LogP contribution in [0, 0.1) is 0 Å². The van der Waals surface area contributed by atoms with Gasteiger partial charge in [-0.1, -0.05) is 0 Å². The molecule has 1 aromatic heterocycles. The zero-order valence-electron chi connectivity index (χ0n) is 10.3. The van der Waals surface area contributed by atoms with Crippen LogP contribution in [0.1, 0.15) is 10.4 Å². The van der Waals surface area contributed by atoms with Crippen molar-refractivity contribution in [3.8, 4) is 0 Å². The summed E-state index contributed by atoms with van der Waals surface area (Å²) in [5.74, 6) is -2.44. The lowest BCUT2D eigenvalue weighted by Crippen LogP contribution is -2.50. The van der Waals surface area contributed by atoms with E-state index >= 15 is 0 Å². The molecule has 20 heavy (non-hydrogen) atoms. The van der Waals surface area contributed by atoms with Crippen molar-refractivity contribution < 1.29 is 35.1 Å². The molecule has 1 aromatic rings. The fourth-order valence-corrected chi connectivity index (χ4v) is 1.45. The fourth-order valence-electron chi connectivity index (χ4n) is 1.45. The Morgan fingerprint density at radius 2 is 1.80 bits per heavy atom. The number of rotatable bonds is 7. The third-order valence-electron chi connectivity index (χ3n) is 2.67. The molecule has 110 valence electrons. The van der Waals surface area contributed by atoms with Crippen LogP contribution in [-0.2, 0) is 4.79 Å². The Morgan fingerprint density at radius 3 is 2.30 bits per heavy atom. The molecule has 0 amide bonds. The number of nitrogens with zero attached hydrogens (tertiary/aromatic N) is 1. The Bertz CT molecular complexity index is 464. The third-order valence-corrected chi connectivity index (χ3v) is 2.67. The summed E-state index contributed by atoms with van der Waals surface area (Å²) in [6, 6.07) is 2.71. The lowest BCUT2D eigenvalue weighted by molar-refractivity contribution is -0.142. The Balaban J connectivity index is 2.79. The minimum absolute atomic E-state index is 0.0825. The summed E-state index contributed by atoms with van der Waals surface area (Å²) in [6.45, 7) is -0.879. The first-order valence-electron chi connectivity index (χ1n) is 5.71. The molecule has 0 aromatic carbocycles. The number of aliphatic hydroxyl groups is 5. The number of pyridine rings is 1. The number of ketones is 2. The SMILES string of the molecule is O=C(C(=O)[C@H](O)[C@@H](O)[C@H](O)[C@H](O)CO)c1cccnc1. The number of aliphatic hydroxyl groups excluding tert-OH is 5. The lowest BCUT2D eigenvalue weighted by atomic mass is 9.96. The Labute approximate surface area is 113 Å². The first kappa shape index (κ1) is 16.3. The molecule has 8 nitrogen and oxygen atoms in total. The fraction of sp³-hybridized carbons (Fsp3) is 0.417. The van der Waals surface area contributed by atoms with Gasteiger partial charge in [0, 0.05) is 18.0 Å². The van der Waals surface area contributed by atoms with Gasteiger partial charge in [0.05, 0.1) is 6.61 Å². The topological polar surface area (TPSA) is 148 Å². The highest BCUT2D eigenvalue weighted by molar-refractivity contribution is 6.45. The maximum Gasteiger partial charge on any atom is 0.234 e. The van der Waals surface area contributed by atoms with Crippen molar-refractivity contribution in [2.45, 2.75) is 24.4 Å². The quantitative estimate of drug-likeness (QED) is 0.268. The number of carbonyl (C=O) groups is 2. The van der Waals surface area contributed by atoms with Gasteiger partial charge in [0.25, 0.3) is 0 Å². The molecule has 0 radical (unpaired) electrons. The first-order chi connectivity index (χ1) is 9.40. The molecule has 4 atom stereocenters. The Hall–Kier alpha value is -1.71. The molecule has 0 aliphatic rings. The second kappa shape index (κ2) is 7.17. The molecule has 0 bridgehead atoms. The summed E-state index contributed by atoms with van der Waals surface area (Å²) in [7, 11) is 0. The summed E-state index contributed by atoms with van der Waals surface area (Å²) in [6.07, 6.45) is -5.56. The van der Waals surface area contributed by atoms with Gasteiger partial charge in [0.15, 0.2) is 0 Å². The van der Waals surface area contributed by atoms with Crippen molar-refractivity contribution in [3.05, 3.63) is 30.1 Å². The van der Waals surface area contributed by atoms with Gasteiger partial charge in [-0.05, 0) is 12.1 Å². The van der Waals surface area contributed by atoms with E-state index in [1.807, 2.05) is 0 Å². The summed E-state index contributed by atoms with van der Waals surface area (Å²) in [5, 5.41) is 46.1. The highest BCUT2D eigenvalue weighted by Crippen LogP contribution is 2.09. The average Bonchev–Trinajstić information content (AvgIpc) is 2.51. The molecule has 0 fully saturated rings. The molecule has 0 saturated carbocycles. The van der Waals surface area contributed by atoms with E-state index in [1.165, 1.54) is 18.3 Å². The number of hydrogen-bond acceptors (Lipinski definition) is 8. The Kier molecular flexibility index (Phi) is 5.86. The van der Waals surface area contributed by atoms with Crippen LogP contribution in [0.3, 0.4) is 0 Å². The van der Waals surface area contributed by atoms with Crippen molar-refractivity contribution >= 4 is 11.6 Å². The van der Waals surface area contributed by atoms with E-state index in [9.17, 15) is 24.9 Å². The van der Waals surface area contributed by atoms with Crippen LogP contribution >= 0.6 is 0 Å². The summed E-state index contributed by atoms with van der Waals surface area (Å²) in [4.78, 5) is 27.0. The number of aromatic nitrogens is 1. The van der Waals surface area contributed by atoms with Gasteiger partial charge >= 0.3 is 0 Å². The molecule has 0 spiro atoms. The van der Waals surface area contributed by atoms with Crippen molar-refractivity contribution in [2.75, 3.05) is 6.61 Å². The molecule has 5 N–H and O–H groups in total. The molecule has 0 aliphatic heterocycles. The van der Waals surface area contributed by atoms with E-state index in [0.29, 0.717) is 0 Å². The van der Waals surface area contributed by atoms with E-state index in [1.54, 1.807) is 0 Å². The predicted molar refractivity (Wildman–Crippen MR) is 64.7 cm³/mol. The van der Waals surface area contributed by atoms with Crippen LogP contribution in [0.4, 0.5) is 0 Å². The average molecular weight is 285 g/mol. The summed E-state index contributed by atoms with van der Waals surface area (Å²) in [5.41, 5.74) is -0.0825. The van der Waals surface area contributed by atoms with Crippen LogP contribution in [0.2, 0.25) is 0 Å². The van der Waals surface area contributed by atoms with E-state index < -0.39 is 42.6 Å². The molecule has 0 aliphatic carbocycles. The van der Waals surface area contributed by atoms with Crippen LogP contribution in [0.5, 0.6) is 0 Å². The second-order valence-corrected chi connectivity index (χ2v) is 4.11. The molecule has 1 heterocycles. The number of carbonyl (C=O) groups excluding carboxylic acids is 2. The predicted octanol–water partition coefficient (Wildman–Crippen LogP) is -2.73. The van der Waals surface area contributed by atoms with Gasteiger partial charge in [-0.25, -0.2) is 0 Å². The third kappa shape index (κ3) is 3.65. The molecule has 1 rings (SSSR count). The van der Waals surface area contributed by atoms with Gasteiger partial charge < -0.3 is 25.5 Å². The van der Waals surface area contributed by atoms with Gasteiger partial charge in [0.1, 0.15) is 24.4 Å². The minimum Gasteiger partial charge on any atom is -0.394 e. The van der Waals surface area contributed by atoms with Gasteiger partial charge in [-0.2, -0.15) is 0 Å². The second-order valence-electron chi connectivity index (χ2n) is 4.11. The highest BCUT2D eigenvalue weighted by atomic mass is 16.4. The number of hydrogen-bond donors (Lipinski definition) is 5. The van der Waals surface area contributed by atoms with E-state index in [4.69, 9.17) is 10.2 Å². The van der Waals surface area contributed by atoms with Crippen molar-refractivity contribution in [1.29, 1.82) is 0 Å². The smallest absolute Gasteiger partial charge is 0.234 e. The molecular formula is C12H15NO7. The zero-order valence-corrected chi connectivity index (χ0v) is 10.3. The monoisotopic (exact) mass is 285 g/mol. The van der Waals surface area contributed by atoms with Gasteiger partial charge in [-0.15, -0.1) is 0 Å². The molecular weight excluding hydrogens is 270 g/mol. The number of Topliss-reactive ketones (excluding diaryl/α,β-unsaturated/α-hetero) is 2. The van der Waals surface area contributed by atoms with Crippen LogP contribution < -0.4 is 0 Å². The zero-order chi connectivity index (χ0) is 15.3. The maximum absolute atomic E-state index is 11.7.